The van der Waals surface area contributed by atoms with Gasteiger partial charge >= 0.3 is 5.97 Å². The zero-order valence-electron chi connectivity index (χ0n) is 7.76. The topological polar surface area (TPSA) is 68.0 Å². The second-order valence-corrected chi connectivity index (χ2v) is 3.78. The molecule has 0 radical (unpaired) electrons. The Hall–Kier alpha value is -1.59. The van der Waals surface area contributed by atoms with Crippen molar-refractivity contribution in [1.29, 1.82) is 0 Å². The first-order valence-electron chi connectivity index (χ1n) is 4.19. The van der Waals surface area contributed by atoms with Crippen LogP contribution < -0.4 is 0 Å². The molecule has 0 aliphatic carbocycles. The molecule has 16 heavy (non-hydrogen) atoms. The Labute approximate surface area is 100 Å². The van der Waals surface area contributed by atoms with Crippen molar-refractivity contribution in [2.24, 2.45) is 0 Å². The molecule has 7 heteroatoms. The van der Waals surface area contributed by atoms with Gasteiger partial charge in [0.2, 0.25) is 0 Å². The molecule has 1 N–H and O–H groups in total. The summed E-state index contributed by atoms with van der Waals surface area (Å²) in [6, 6.07) is 4.67. The van der Waals surface area contributed by atoms with Crippen molar-refractivity contribution in [2.45, 2.75) is 0 Å². The quantitative estimate of drug-likeness (QED) is 0.897. The molecule has 0 aliphatic rings. The maximum absolute atomic E-state index is 10.9. The van der Waals surface area contributed by atoms with Gasteiger partial charge in [0, 0.05) is 5.02 Å². The van der Waals surface area contributed by atoms with Gasteiger partial charge in [-0.2, -0.15) is 0 Å². The van der Waals surface area contributed by atoms with Gasteiger partial charge < -0.3 is 5.11 Å². The number of carboxylic acid groups (broad SMARTS) is 1. The Morgan fingerprint density at radius 1 is 1.38 bits per heavy atom. The number of hydrogen-bond acceptors (Lipinski definition) is 3. The molecule has 0 saturated heterocycles. The Balaban J connectivity index is 2.59. The minimum Gasteiger partial charge on any atom is -0.476 e. The molecular weight excluding hydrogens is 253 g/mol. The molecule has 82 valence electrons. The molecule has 0 bridgehead atoms. The molecule has 0 aliphatic heterocycles. The lowest BCUT2D eigenvalue weighted by Crippen LogP contribution is -2.08. The smallest absolute Gasteiger partial charge is 0.356 e. The number of aromatic carboxylic acids is 1. The second kappa shape index (κ2) is 4.11. The number of benzene rings is 1. The molecule has 0 atom stereocenters. The van der Waals surface area contributed by atoms with Crippen LogP contribution in [0.5, 0.6) is 0 Å². The van der Waals surface area contributed by atoms with Crippen molar-refractivity contribution < 1.29 is 9.90 Å². The number of aromatic nitrogens is 3. The van der Waals surface area contributed by atoms with Crippen molar-refractivity contribution in [3.05, 3.63) is 40.1 Å². The number of carboxylic acids is 1. The van der Waals surface area contributed by atoms with Crippen LogP contribution in [0.3, 0.4) is 0 Å². The molecule has 0 saturated carbocycles. The lowest BCUT2D eigenvalue weighted by Gasteiger charge is -2.05. The second-order valence-electron chi connectivity index (χ2n) is 2.93. The highest BCUT2D eigenvalue weighted by molar-refractivity contribution is 6.35. The van der Waals surface area contributed by atoms with Gasteiger partial charge in [0.1, 0.15) is 0 Å². The molecule has 1 aromatic heterocycles. The van der Waals surface area contributed by atoms with Gasteiger partial charge in [-0.05, 0) is 18.2 Å². The van der Waals surface area contributed by atoms with E-state index in [1.54, 1.807) is 12.1 Å². The fourth-order valence-corrected chi connectivity index (χ4v) is 1.70. The molecule has 2 rings (SSSR count). The largest absolute Gasteiger partial charge is 0.476 e. The highest BCUT2D eigenvalue weighted by Crippen LogP contribution is 2.24. The first kappa shape index (κ1) is 10.9. The molecule has 0 fully saturated rings. The summed E-state index contributed by atoms with van der Waals surface area (Å²) in [4.78, 5) is 10.9. The van der Waals surface area contributed by atoms with Crippen molar-refractivity contribution in [3.8, 4) is 5.69 Å². The molecule has 5 nitrogen and oxygen atoms in total. The number of halogens is 2. The lowest BCUT2D eigenvalue weighted by molar-refractivity contribution is 0.0687. The Morgan fingerprint density at radius 2 is 2.12 bits per heavy atom. The predicted molar refractivity (Wildman–Crippen MR) is 58.3 cm³/mol. The predicted octanol–water partition coefficient (Wildman–Crippen LogP) is 2.27. The fourth-order valence-electron chi connectivity index (χ4n) is 1.21. The molecule has 2 aromatic rings. The summed E-state index contributed by atoms with van der Waals surface area (Å²) in [7, 11) is 0. The van der Waals surface area contributed by atoms with Gasteiger partial charge in [0.05, 0.1) is 16.9 Å². The standard InChI is InChI=1S/C9H5Cl2N3O2/c10-5-1-2-7(6(11)3-5)14-8(9(15)16)4-12-13-14/h1-4H,(H,15,16). The van der Waals surface area contributed by atoms with E-state index in [4.69, 9.17) is 28.3 Å². The number of rotatable bonds is 2. The fraction of sp³-hybridized carbons (Fsp3) is 0. The van der Waals surface area contributed by atoms with Gasteiger partial charge in [0.15, 0.2) is 5.69 Å². The maximum atomic E-state index is 10.9. The van der Waals surface area contributed by atoms with Crippen LogP contribution in [-0.2, 0) is 0 Å². The van der Waals surface area contributed by atoms with E-state index in [0.29, 0.717) is 15.7 Å². The summed E-state index contributed by atoms with van der Waals surface area (Å²) in [5.74, 6) is -1.13. The molecule has 0 unspecified atom stereocenters. The summed E-state index contributed by atoms with van der Waals surface area (Å²) in [5, 5.41) is 16.8. The summed E-state index contributed by atoms with van der Waals surface area (Å²) in [5.41, 5.74) is 0.352. The van der Waals surface area contributed by atoms with Crippen LogP contribution in [0.1, 0.15) is 10.5 Å². The van der Waals surface area contributed by atoms with Gasteiger partial charge in [-0.25, -0.2) is 9.48 Å². The van der Waals surface area contributed by atoms with Crippen LogP contribution >= 0.6 is 23.2 Å². The molecule has 0 spiro atoms. The minimum atomic E-state index is -1.13. The number of hydrogen-bond donors (Lipinski definition) is 1. The van der Waals surface area contributed by atoms with Gasteiger partial charge in [-0.3, -0.25) is 0 Å². The van der Waals surface area contributed by atoms with E-state index >= 15 is 0 Å². The van der Waals surface area contributed by atoms with Gasteiger partial charge in [0.25, 0.3) is 0 Å². The van der Waals surface area contributed by atoms with E-state index in [0.717, 1.165) is 10.9 Å². The Bertz CT molecular complexity index is 553. The van der Waals surface area contributed by atoms with Crippen molar-refractivity contribution in [3.63, 3.8) is 0 Å². The van der Waals surface area contributed by atoms with Crippen LogP contribution in [0.25, 0.3) is 5.69 Å². The van der Waals surface area contributed by atoms with Crippen molar-refractivity contribution in [2.75, 3.05) is 0 Å². The molecule has 0 amide bonds. The third kappa shape index (κ3) is 1.87. The molecule has 1 aromatic carbocycles. The van der Waals surface area contributed by atoms with E-state index in [9.17, 15) is 4.79 Å². The Kier molecular flexibility index (Phi) is 2.80. The summed E-state index contributed by atoms with van der Waals surface area (Å²) < 4.78 is 1.14. The van der Waals surface area contributed by atoms with E-state index < -0.39 is 5.97 Å². The maximum Gasteiger partial charge on any atom is 0.356 e. The van der Waals surface area contributed by atoms with Crippen LogP contribution in [0, 0.1) is 0 Å². The van der Waals surface area contributed by atoms with Gasteiger partial charge in [-0.1, -0.05) is 28.4 Å². The van der Waals surface area contributed by atoms with Gasteiger partial charge in [-0.15, -0.1) is 5.10 Å². The van der Waals surface area contributed by atoms with Crippen molar-refractivity contribution in [1.82, 2.24) is 15.0 Å². The summed E-state index contributed by atoms with van der Waals surface area (Å²) in [6.07, 6.45) is 1.15. The third-order valence-corrected chi connectivity index (χ3v) is 2.44. The van der Waals surface area contributed by atoms with Crippen LogP contribution in [0.4, 0.5) is 0 Å². The van der Waals surface area contributed by atoms with Crippen LogP contribution in [0.2, 0.25) is 10.0 Å². The minimum absolute atomic E-state index is 0.0655. The SMILES string of the molecule is O=C(O)c1cnnn1-c1ccc(Cl)cc1Cl. The van der Waals surface area contributed by atoms with Crippen LogP contribution in [0.15, 0.2) is 24.4 Å². The highest BCUT2D eigenvalue weighted by atomic mass is 35.5. The summed E-state index contributed by atoms with van der Waals surface area (Å²) in [6.45, 7) is 0. The van der Waals surface area contributed by atoms with E-state index in [1.807, 2.05) is 0 Å². The molecule has 1 heterocycles. The average Bonchev–Trinajstić information content (AvgIpc) is 2.66. The summed E-state index contributed by atoms with van der Waals surface area (Å²) >= 11 is 11.7. The Morgan fingerprint density at radius 3 is 2.75 bits per heavy atom. The van der Waals surface area contributed by atoms with Crippen molar-refractivity contribution >= 4 is 29.2 Å². The zero-order valence-corrected chi connectivity index (χ0v) is 9.27. The third-order valence-electron chi connectivity index (χ3n) is 1.91. The first-order valence-corrected chi connectivity index (χ1v) is 4.94. The lowest BCUT2D eigenvalue weighted by atomic mass is 10.3. The highest BCUT2D eigenvalue weighted by Gasteiger charge is 2.15. The van der Waals surface area contributed by atoms with E-state index in [-0.39, 0.29) is 5.69 Å². The van der Waals surface area contributed by atoms with E-state index in [1.165, 1.54) is 6.07 Å². The normalized spacial score (nSPS) is 10.4. The van der Waals surface area contributed by atoms with Crippen LogP contribution in [-0.4, -0.2) is 26.1 Å². The average molecular weight is 258 g/mol. The zero-order chi connectivity index (χ0) is 11.7. The molecular formula is C9H5Cl2N3O2. The number of nitrogens with zero attached hydrogens (tertiary/aromatic N) is 3. The monoisotopic (exact) mass is 257 g/mol. The first-order chi connectivity index (χ1) is 7.59. The van der Waals surface area contributed by atoms with E-state index in [2.05, 4.69) is 10.3 Å². The number of carbonyl (C=O) groups is 1.